The molecule has 2 heterocycles. The lowest BCUT2D eigenvalue weighted by Gasteiger charge is -2.26. The van der Waals surface area contributed by atoms with Crippen molar-refractivity contribution in [3.8, 4) is 5.75 Å². The van der Waals surface area contributed by atoms with E-state index in [0.29, 0.717) is 38.4 Å². The van der Waals surface area contributed by atoms with Crippen LogP contribution in [0, 0.1) is 0 Å². The third-order valence-corrected chi connectivity index (χ3v) is 5.26. The van der Waals surface area contributed by atoms with Gasteiger partial charge in [0.15, 0.2) is 0 Å². The number of hydrogen-bond donors (Lipinski definition) is 1. The largest absolute Gasteiger partial charge is 0.487 e. The lowest BCUT2D eigenvalue weighted by molar-refractivity contribution is 0.140. The number of aryl methyl sites for hydroxylation is 2. The van der Waals surface area contributed by atoms with Crippen molar-refractivity contribution in [3.63, 3.8) is 0 Å². The summed E-state index contributed by atoms with van der Waals surface area (Å²) in [7, 11) is 0. The van der Waals surface area contributed by atoms with E-state index in [-0.39, 0.29) is 5.56 Å². The molecular formula is C23H23N3O4. The average molecular weight is 405 g/mol. The van der Waals surface area contributed by atoms with Crippen molar-refractivity contribution < 1.29 is 14.6 Å². The van der Waals surface area contributed by atoms with Crippen LogP contribution in [-0.4, -0.2) is 32.4 Å². The maximum atomic E-state index is 12.4. The van der Waals surface area contributed by atoms with Crippen LogP contribution >= 0.6 is 0 Å². The van der Waals surface area contributed by atoms with Gasteiger partial charge in [0, 0.05) is 25.7 Å². The summed E-state index contributed by atoms with van der Waals surface area (Å²) in [6.45, 7) is 1.76. The Hall–Kier alpha value is -3.61. The molecule has 1 aliphatic rings. The molecule has 0 unspecified atom stereocenters. The molecular weight excluding hydrogens is 382 g/mol. The van der Waals surface area contributed by atoms with Crippen molar-refractivity contribution in [1.29, 1.82) is 0 Å². The second kappa shape index (κ2) is 8.82. The van der Waals surface area contributed by atoms with Gasteiger partial charge in [-0.3, -0.25) is 4.79 Å². The first-order chi connectivity index (χ1) is 14.6. The number of fused-ring (bicyclic) bond motifs is 1. The highest BCUT2D eigenvalue weighted by Crippen LogP contribution is 2.21. The van der Waals surface area contributed by atoms with Crippen LogP contribution in [0.3, 0.4) is 0 Å². The first-order valence-corrected chi connectivity index (χ1v) is 9.91. The Balaban J connectivity index is 1.37. The summed E-state index contributed by atoms with van der Waals surface area (Å²) >= 11 is 0. The number of carboxylic acid groups (broad SMARTS) is 1. The van der Waals surface area contributed by atoms with Crippen LogP contribution in [0.2, 0.25) is 0 Å². The summed E-state index contributed by atoms with van der Waals surface area (Å²) in [6.07, 6.45) is 2.03. The second-order valence-corrected chi connectivity index (χ2v) is 7.33. The van der Waals surface area contributed by atoms with Crippen molar-refractivity contribution in [2.75, 3.05) is 6.54 Å². The van der Waals surface area contributed by atoms with Gasteiger partial charge >= 0.3 is 6.09 Å². The highest BCUT2D eigenvalue weighted by molar-refractivity contribution is 5.65. The van der Waals surface area contributed by atoms with Crippen LogP contribution in [-0.2, 0) is 32.5 Å². The summed E-state index contributed by atoms with van der Waals surface area (Å²) in [6, 6.07) is 17.3. The number of aromatic nitrogens is 2. The minimum atomic E-state index is -0.892. The smallest absolute Gasteiger partial charge is 0.407 e. The van der Waals surface area contributed by atoms with Crippen LogP contribution in [0.4, 0.5) is 4.79 Å². The highest BCUT2D eigenvalue weighted by atomic mass is 16.5. The van der Waals surface area contributed by atoms with Gasteiger partial charge in [-0.05, 0) is 35.1 Å². The van der Waals surface area contributed by atoms with E-state index < -0.39 is 6.09 Å². The van der Waals surface area contributed by atoms with E-state index >= 15 is 0 Å². The van der Waals surface area contributed by atoms with Gasteiger partial charge in [-0.1, -0.05) is 48.5 Å². The fourth-order valence-electron chi connectivity index (χ4n) is 3.57. The van der Waals surface area contributed by atoms with Crippen molar-refractivity contribution >= 4 is 6.09 Å². The van der Waals surface area contributed by atoms with Crippen LogP contribution in [0.5, 0.6) is 5.75 Å². The van der Waals surface area contributed by atoms with E-state index in [2.05, 4.69) is 11.2 Å². The Labute approximate surface area is 174 Å². The molecule has 1 N–H and O–H groups in total. The van der Waals surface area contributed by atoms with Gasteiger partial charge in [0.1, 0.15) is 12.4 Å². The molecule has 2 aromatic carbocycles. The minimum absolute atomic E-state index is 0.212. The van der Waals surface area contributed by atoms with Crippen LogP contribution < -0.4 is 10.3 Å². The molecule has 0 spiro atoms. The molecule has 7 nitrogen and oxygen atoms in total. The Kier molecular flexibility index (Phi) is 5.79. The van der Waals surface area contributed by atoms with Crippen LogP contribution in [0.25, 0.3) is 0 Å². The second-order valence-electron chi connectivity index (χ2n) is 7.33. The van der Waals surface area contributed by atoms with E-state index in [1.807, 2.05) is 42.5 Å². The zero-order chi connectivity index (χ0) is 20.9. The molecule has 154 valence electrons. The molecule has 0 saturated heterocycles. The van der Waals surface area contributed by atoms with E-state index in [1.165, 1.54) is 21.2 Å². The van der Waals surface area contributed by atoms with Crippen molar-refractivity contribution in [1.82, 2.24) is 14.7 Å². The van der Waals surface area contributed by atoms with E-state index in [1.54, 1.807) is 6.20 Å². The quantitative estimate of drug-likeness (QED) is 0.681. The lowest BCUT2D eigenvalue weighted by atomic mass is 9.96. The number of benzene rings is 2. The molecule has 30 heavy (non-hydrogen) atoms. The Bertz CT molecular complexity index is 1100. The van der Waals surface area contributed by atoms with E-state index in [0.717, 1.165) is 23.1 Å². The molecule has 0 atom stereocenters. The number of hydrogen-bond acceptors (Lipinski definition) is 4. The molecule has 1 aromatic heterocycles. The summed E-state index contributed by atoms with van der Waals surface area (Å²) in [5.74, 6) is 0.447. The number of amides is 1. The summed E-state index contributed by atoms with van der Waals surface area (Å²) in [5.41, 5.74) is 4.09. The predicted octanol–water partition coefficient (Wildman–Crippen LogP) is 3.10. The number of nitrogens with zero attached hydrogens (tertiary/aromatic N) is 3. The van der Waals surface area contributed by atoms with Gasteiger partial charge in [-0.2, -0.15) is 5.10 Å². The van der Waals surface area contributed by atoms with Gasteiger partial charge in [0.05, 0.1) is 6.20 Å². The monoisotopic (exact) mass is 405 g/mol. The predicted molar refractivity (Wildman–Crippen MR) is 112 cm³/mol. The maximum absolute atomic E-state index is 12.4. The lowest BCUT2D eigenvalue weighted by Crippen LogP contribution is -2.34. The fraction of sp³-hybridized carbons (Fsp3) is 0.261. The van der Waals surface area contributed by atoms with E-state index in [4.69, 9.17) is 4.74 Å². The first-order valence-electron chi connectivity index (χ1n) is 9.91. The zero-order valence-corrected chi connectivity index (χ0v) is 16.5. The molecule has 0 saturated carbocycles. The molecule has 1 aliphatic heterocycles. The van der Waals surface area contributed by atoms with Crippen LogP contribution in [0.1, 0.15) is 22.3 Å². The van der Waals surface area contributed by atoms with Crippen molar-refractivity contribution in [2.45, 2.75) is 32.5 Å². The Morgan fingerprint density at radius 1 is 1.07 bits per heavy atom. The summed E-state index contributed by atoms with van der Waals surface area (Å²) < 4.78 is 7.07. The topological polar surface area (TPSA) is 84.7 Å². The molecule has 0 radical (unpaired) electrons. The fourth-order valence-corrected chi connectivity index (χ4v) is 3.57. The third-order valence-electron chi connectivity index (χ3n) is 5.26. The SMILES string of the molecule is O=C(O)N1CCc2ccc(CCn3ncc(OCc4ccccc4)cc3=O)cc2C1. The van der Waals surface area contributed by atoms with Gasteiger partial charge < -0.3 is 14.7 Å². The summed E-state index contributed by atoms with van der Waals surface area (Å²) in [5, 5.41) is 13.4. The normalized spacial score (nSPS) is 13.0. The van der Waals surface area contributed by atoms with Crippen LogP contribution in [0.15, 0.2) is 65.6 Å². The number of carbonyl (C=O) groups is 1. The molecule has 4 rings (SSSR count). The first kappa shape index (κ1) is 19.7. The molecule has 1 amide bonds. The molecule has 0 fully saturated rings. The molecule has 0 bridgehead atoms. The number of ether oxygens (including phenoxy) is 1. The van der Waals surface area contributed by atoms with Gasteiger partial charge in [0.25, 0.3) is 5.56 Å². The molecule has 3 aromatic rings. The standard InChI is InChI=1S/C23H23N3O4/c27-22-13-21(30-16-18-4-2-1-3-5-18)14-24-26(22)11-8-17-6-7-19-9-10-25(23(28)29)15-20(19)12-17/h1-7,12-14H,8-11,15-16H2,(H,28,29). The molecule has 0 aliphatic carbocycles. The summed E-state index contributed by atoms with van der Waals surface area (Å²) in [4.78, 5) is 25.0. The highest BCUT2D eigenvalue weighted by Gasteiger charge is 2.20. The van der Waals surface area contributed by atoms with Gasteiger partial charge in [0.2, 0.25) is 0 Å². The Morgan fingerprint density at radius 3 is 2.67 bits per heavy atom. The van der Waals surface area contributed by atoms with Gasteiger partial charge in [-0.15, -0.1) is 0 Å². The van der Waals surface area contributed by atoms with Gasteiger partial charge in [-0.25, -0.2) is 9.48 Å². The molecule has 7 heteroatoms. The third kappa shape index (κ3) is 4.68. The minimum Gasteiger partial charge on any atom is -0.487 e. The van der Waals surface area contributed by atoms with Crippen molar-refractivity contribution in [3.05, 3.63) is 93.4 Å². The number of rotatable bonds is 6. The van der Waals surface area contributed by atoms with Crippen molar-refractivity contribution in [2.24, 2.45) is 0 Å². The Morgan fingerprint density at radius 2 is 1.90 bits per heavy atom. The average Bonchev–Trinajstić information content (AvgIpc) is 2.77. The zero-order valence-electron chi connectivity index (χ0n) is 16.5. The maximum Gasteiger partial charge on any atom is 0.407 e. The van der Waals surface area contributed by atoms with E-state index in [9.17, 15) is 14.7 Å².